The second-order valence-electron chi connectivity index (χ2n) is 11.8. The normalized spacial score (nSPS) is 18.2. The van der Waals surface area contributed by atoms with Crippen LogP contribution >= 0.6 is 0 Å². The Hall–Kier alpha value is -4.80. The van der Waals surface area contributed by atoms with Crippen molar-refractivity contribution < 1.29 is 28.9 Å². The molecule has 3 atom stereocenters. The molecule has 2 aliphatic heterocycles. The van der Waals surface area contributed by atoms with Crippen LogP contribution in [0, 0.1) is 5.92 Å². The largest absolute Gasteiger partial charge is 0.486 e. The lowest BCUT2D eigenvalue weighted by atomic mass is 9.98. The van der Waals surface area contributed by atoms with Crippen molar-refractivity contribution in [3.05, 3.63) is 90.0 Å². The number of hydrogen-bond acceptors (Lipinski definition) is 7. The van der Waals surface area contributed by atoms with E-state index in [0.717, 1.165) is 27.8 Å². The lowest BCUT2D eigenvalue weighted by Crippen LogP contribution is -2.49. The number of urea groups is 1. The lowest BCUT2D eigenvalue weighted by molar-refractivity contribution is 0.0343. The molecule has 10 nitrogen and oxygen atoms in total. The van der Waals surface area contributed by atoms with Gasteiger partial charge in [-0.3, -0.25) is 9.69 Å². The number of nitrogens with one attached hydrogen (secondary N) is 2. The third-order valence-electron chi connectivity index (χ3n) is 8.36. The summed E-state index contributed by atoms with van der Waals surface area (Å²) in [6.07, 6.45) is -0.340. The molecule has 2 heterocycles. The molecule has 0 spiro atoms. The minimum absolute atomic E-state index is 0.0899. The molecule has 234 valence electrons. The van der Waals surface area contributed by atoms with Gasteiger partial charge in [0, 0.05) is 30.9 Å². The topological polar surface area (TPSA) is 113 Å². The van der Waals surface area contributed by atoms with Crippen LogP contribution in [-0.2, 0) is 6.54 Å². The van der Waals surface area contributed by atoms with E-state index in [1.165, 1.54) is 0 Å². The highest BCUT2D eigenvalue weighted by molar-refractivity contribution is 6.08. The third-order valence-corrected chi connectivity index (χ3v) is 8.36. The standard InChI is InChI=1S/C35H38N4O6/c1-22-17-39(23(2)20-40)34(41)27-11-7-13-29(37-35(42)36-28-12-6-9-25-8-4-5-10-26(25)28)33(27)45-32(22)19-38(3)18-24-14-15-30-31(16-24)44-21-43-30/h4-16,22-23,32,40H,17-21H2,1-3H3,(H2,36,37,42)/t22-,23+,32+/m0/s1. The Kier molecular flexibility index (Phi) is 8.77. The molecule has 0 fully saturated rings. The van der Waals surface area contributed by atoms with Crippen LogP contribution in [0.15, 0.2) is 78.9 Å². The van der Waals surface area contributed by atoms with Gasteiger partial charge >= 0.3 is 6.03 Å². The highest BCUT2D eigenvalue weighted by Gasteiger charge is 2.34. The Morgan fingerprint density at radius 2 is 1.73 bits per heavy atom. The van der Waals surface area contributed by atoms with Crippen LogP contribution in [0.2, 0.25) is 0 Å². The van der Waals surface area contributed by atoms with E-state index in [1.54, 1.807) is 23.1 Å². The van der Waals surface area contributed by atoms with Gasteiger partial charge in [0.05, 0.1) is 29.6 Å². The molecule has 0 aromatic heterocycles. The summed E-state index contributed by atoms with van der Waals surface area (Å²) in [7, 11) is 2.02. The van der Waals surface area contributed by atoms with Crippen LogP contribution in [0.4, 0.5) is 16.2 Å². The molecular weight excluding hydrogens is 572 g/mol. The molecule has 3 amide bonds. The minimum Gasteiger partial charge on any atom is -0.486 e. The van der Waals surface area contributed by atoms with Gasteiger partial charge in [0.15, 0.2) is 17.2 Å². The zero-order chi connectivity index (χ0) is 31.5. The smallest absolute Gasteiger partial charge is 0.323 e. The number of carbonyl (C=O) groups is 2. The van der Waals surface area contributed by atoms with E-state index in [-0.39, 0.29) is 31.3 Å². The summed E-state index contributed by atoms with van der Waals surface area (Å²) in [5.74, 6) is 1.42. The lowest BCUT2D eigenvalue weighted by Gasteiger charge is -2.38. The van der Waals surface area contributed by atoms with Gasteiger partial charge in [-0.1, -0.05) is 55.5 Å². The highest BCUT2D eigenvalue weighted by atomic mass is 16.7. The number of ether oxygens (including phenoxy) is 3. The Balaban J connectivity index is 1.27. The predicted molar refractivity (Wildman–Crippen MR) is 173 cm³/mol. The van der Waals surface area contributed by atoms with Crippen molar-refractivity contribution in [2.75, 3.05) is 44.2 Å². The number of aliphatic hydroxyl groups is 1. The number of benzene rings is 4. The molecule has 45 heavy (non-hydrogen) atoms. The maximum absolute atomic E-state index is 13.8. The molecule has 0 radical (unpaired) electrons. The van der Waals surface area contributed by atoms with Gasteiger partial charge in [-0.05, 0) is 55.3 Å². The minimum atomic E-state index is -0.456. The first kappa shape index (κ1) is 30.2. The van der Waals surface area contributed by atoms with E-state index in [0.29, 0.717) is 42.3 Å². The number of para-hydroxylation sites is 1. The van der Waals surface area contributed by atoms with Gasteiger partial charge in [-0.25, -0.2) is 4.79 Å². The van der Waals surface area contributed by atoms with E-state index in [2.05, 4.69) is 15.5 Å². The number of anilines is 2. The number of amides is 3. The molecule has 0 aliphatic carbocycles. The van der Waals surface area contributed by atoms with Gasteiger partial charge < -0.3 is 34.9 Å². The fraction of sp³-hybridized carbons (Fsp3) is 0.314. The number of rotatable bonds is 8. The average molecular weight is 611 g/mol. The van der Waals surface area contributed by atoms with Crippen molar-refractivity contribution in [3.63, 3.8) is 0 Å². The number of likely N-dealkylation sites (N-methyl/N-ethyl adjacent to an activating group) is 1. The SMILES string of the molecule is C[C@H](CO)N1C[C@H](C)[C@@H](CN(C)Cc2ccc3c(c2)OCO3)Oc2c(NC(=O)Nc3cccc4ccccc34)cccc2C1=O. The third kappa shape index (κ3) is 6.52. The van der Waals surface area contributed by atoms with E-state index >= 15 is 0 Å². The van der Waals surface area contributed by atoms with E-state index < -0.39 is 12.1 Å². The average Bonchev–Trinajstić information content (AvgIpc) is 3.51. The summed E-state index contributed by atoms with van der Waals surface area (Å²) in [5.41, 5.74) is 2.45. The van der Waals surface area contributed by atoms with Crippen LogP contribution in [0.3, 0.4) is 0 Å². The zero-order valence-corrected chi connectivity index (χ0v) is 25.7. The molecule has 6 rings (SSSR count). The van der Waals surface area contributed by atoms with Gasteiger partial charge in [-0.2, -0.15) is 0 Å². The fourth-order valence-electron chi connectivity index (χ4n) is 5.89. The first-order valence-electron chi connectivity index (χ1n) is 15.1. The molecule has 10 heteroatoms. The fourth-order valence-corrected chi connectivity index (χ4v) is 5.89. The molecule has 0 unspecified atom stereocenters. The Labute approximate surface area is 262 Å². The molecular formula is C35H38N4O6. The summed E-state index contributed by atoms with van der Waals surface area (Å²) < 4.78 is 17.7. The zero-order valence-electron chi connectivity index (χ0n) is 25.7. The maximum Gasteiger partial charge on any atom is 0.323 e. The van der Waals surface area contributed by atoms with E-state index in [4.69, 9.17) is 14.2 Å². The van der Waals surface area contributed by atoms with E-state index in [1.807, 2.05) is 81.6 Å². The molecule has 0 bridgehead atoms. The summed E-state index contributed by atoms with van der Waals surface area (Å²) in [4.78, 5) is 31.0. The van der Waals surface area contributed by atoms with Gasteiger partial charge in [0.1, 0.15) is 6.10 Å². The van der Waals surface area contributed by atoms with Crippen molar-refractivity contribution in [2.45, 2.75) is 32.5 Å². The number of fused-ring (bicyclic) bond motifs is 3. The van der Waals surface area contributed by atoms with Gasteiger partial charge in [0.25, 0.3) is 5.91 Å². The Bertz CT molecular complexity index is 1710. The Morgan fingerprint density at radius 1 is 1.00 bits per heavy atom. The summed E-state index contributed by atoms with van der Waals surface area (Å²) in [6, 6.07) is 23.8. The van der Waals surface area contributed by atoms with Crippen molar-refractivity contribution >= 4 is 34.1 Å². The summed E-state index contributed by atoms with van der Waals surface area (Å²) >= 11 is 0. The summed E-state index contributed by atoms with van der Waals surface area (Å²) in [5, 5.41) is 17.8. The van der Waals surface area contributed by atoms with E-state index in [9.17, 15) is 14.7 Å². The van der Waals surface area contributed by atoms with Crippen molar-refractivity contribution in [1.82, 2.24) is 9.80 Å². The van der Waals surface area contributed by atoms with Crippen molar-refractivity contribution in [2.24, 2.45) is 5.92 Å². The van der Waals surface area contributed by atoms with Crippen LogP contribution in [0.1, 0.15) is 29.8 Å². The van der Waals surface area contributed by atoms with Crippen molar-refractivity contribution in [1.29, 1.82) is 0 Å². The van der Waals surface area contributed by atoms with Gasteiger partial charge in [-0.15, -0.1) is 0 Å². The summed E-state index contributed by atoms with van der Waals surface area (Å²) in [6.45, 7) is 5.50. The first-order valence-corrected chi connectivity index (χ1v) is 15.1. The monoisotopic (exact) mass is 610 g/mol. The molecule has 0 saturated heterocycles. The predicted octanol–water partition coefficient (Wildman–Crippen LogP) is 5.56. The molecule has 0 saturated carbocycles. The molecule has 4 aromatic rings. The second-order valence-corrected chi connectivity index (χ2v) is 11.8. The van der Waals surface area contributed by atoms with Crippen LogP contribution < -0.4 is 24.8 Å². The molecule has 3 N–H and O–H groups in total. The van der Waals surface area contributed by atoms with Gasteiger partial charge in [0.2, 0.25) is 6.79 Å². The highest BCUT2D eigenvalue weighted by Crippen LogP contribution is 2.36. The number of hydrogen-bond donors (Lipinski definition) is 3. The number of carbonyl (C=O) groups excluding carboxylic acids is 2. The quantitative estimate of drug-likeness (QED) is 0.239. The first-order chi connectivity index (χ1) is 21.8. The molecule has 2 aliphatic rings. The molecule has 4 aromatic carbocycles. The van der Waals surface area contributed by atoms with Crippen molar-refractivity contribution in [3.8, 4) is 17.2 Å². The second kappa shape index (κ2) is 13.1. The maximum atomic E-state index is 13.8. The number of aliphatic hydroxyl groups excluding tert-OH is 1. The van der Waals surface area contributed by atoms with Crippen LogP contribution in [0.5, 0.6) is 17.2 Å². The Morgan fingerprint density at radius 3 is 2.58 bits per heavy atom. The van der Waals surface area contributed by atoms with Crippen LogP contribution in [-0.4, -0.2) is 72.5 Å². The van der Waals surface area contributed by atoms with Crippen LogP contribution in [0.25, 0.3) is 10.8 Å². The number of nitrogens with zero attached hydrogens (tertiary/aromatic N) is 2.